The maximum Gasteiger partial charge on any atom is 0.237 e. The van der Waals surface area contributed by atoms with Crippen LogP contribution in [-0.4, -0.2) is 88.3 Å². The highest BCUT2D eigenvalue weighted by Gasteiger charge is 2.35. The highest BCUT2D eigenvalue weighted by Crippen LogP contribution is 2.28. The molecule has 0 bridgehead atoms. The van der Waals surface area contributed by atoms with Gasteiger partial charge in [-0.05, 0) is 18.2 Å². The number of morpholine rings is 1. The molecule has 11 heteroatoms. The molecule has 0 aromatic heterocycles. The Morgan fingerprint density at radius 3 is 2.61 bits per heavy atom. The van der Waals surface area contributed by atoms with Gasteiger partial charge in [-0.1, -0.05) is 22.0 Å². The van der Waals surface area contributed by atoms with E-state index in [0.717, 1.165) is 10.7 Å². The quantitative estimate of drug-likeness (QED) is 0.574. The predicted molar refractivity (Wildman–Crippen MR) is 118 cm³/mol. The van der Waals surface area contributed by atoms with Crippen LogP contribution in [0, 0.1) is 5.92 Å². The second-order valence-electron chi connectivity index (χ2n) is 7.79. The maximum absolute atomic E-state index is 12.9. The SMILES string of the molecule is CS(=O)(=O)NCC(=O)N1CC[C@H](Oc2cccc(Br)c2)[C@@H](CC(=O)N2CCOCC2)C1. The van der Waals surface area contributed by atoms with Crippen molar-refractivity contribution in [3.63, 3.8) is 0 Å². The average Bonchev–Trinajstić information content (AvgIpc) is 2.73. The minimum absolute atomic E-state index is 0.0136. The Morgan fingerprint density at radius 1 is 1.19 bits per heavy atom. The molecule has 172 valence electrons. The van der Waals surface area contributed by atoms with Crippen molar-refractivity contribution in [2.75, 3.05) is 52.2 Å². The van der Waals surface area contributed by atoms with Crippen molar-refractivity contribution in [2.24, 2.45) is 5.92 Å². The van der Waals surface area contributed by atoms with Crippen LogP contribution < -0.4 is 9.46 Å². The highest BCUT2D eigenvalue weighted by atomic mass is 79.9. The van der Waals surface area contributed by atoms with Gasteiger partial charge in [-0.25, -0.2) is 13.1 Å². The Kier molecular flexibility index (Phi) is 8.31. The Morgan fingerprint density at radius 2 is 1.94 bits per heavy atom. The number of hydrogen-bond donors (Lipinski definition) is 1. The van der Waals surface area contributed by atoms with Crippen LogP contribution >= 0.6 is 15.9 Å². The monoisotopic (exact) mass is 517 g/mol. The van der Waals surface area contributed by atoms with E-state index in [2.05, 4.69) is 20.7 Å². The molecule has 0 radical (unpaired) electrons. The first-order chi connectivity index (χ1) is 14.7. The summed E-state index contributed by atoms with van der Waals surface area (Å²) < 4.78 is 37.3. The Balaban J connectivity index is 1.69. The van der Waals surface area contributed by atoms with Crippen molar-refractivity contribution in [3.05, 3.63) is 28.7 Å². The molecule has 2 heterocycles. The number of hydrogen-bond acceptors (Lipinski definition) is 6. The lowest BCUT2D eigenvalue weighted by Crippen LogP contribution is -2.52. The molecule has 9 nitrogen and oxygen atoms in total. The minimum atomic E-state index is -3.46. The lowest BCUT2D eigenvalue weighted by atomic mass is 9.90. The van der Waals surface area contributed by atoms with E-state index >= 15 is 0 Å². The third kappa shape index (κ3) is 7.44. The van der Waals surface area contributed by atoms with Crippen molar-refractivity contribution in [3.8, 4) is 5.75 Å². The lowest BCUT2D eigenvalue weighted by Gasteiger charge is -2.39. The van der Waals surface area contributed by atoms with E-state index in [1.165, 1.54) is 0 Å². The number of ether oxygens (including phenoxy) is 2. The molecule has 1 N–H and O–H groups in total. The molecule has 2 saturated heterocycles. The number of likely N-dealkylation sites (tertiary alicyclic amines) is 1. The fourth-order valence-electron chi connectivity index (χ4n) is 3.77. The number of carbonyl (C=O) groups excluding carboxylic acids is 2. The molecule has 2 aliphatic heterocycles. The molecule has 2 amide bonds. The van der Waals surface area contributed by atoms with E-state index in [0.29, 0.717) is 51.6 Å². The zero-order chi connectivity index (χ0) is 22.4. The molecule has 0 unspecified atom stereocenters. The minimum Gasteiger partial charge on any atom is -0.490 e. The van der Waals surface area contributed by atoms with Gasteiger partial charge in [0.25, 0.3) is 0 Å². The smallest absolute Gasteiger partial charge is 0.237 e. The summed E-state index contributed by atoms with van der Waals surface area (Å²) in [5.74, 6) is 0.196. The fraction of sp³-hybridized carbons (Fsp3) is 0.600. The first kappa shape index (κ1) is 24.0. The van der Waals surface area contributed by atoms with Crippen LogP contribution in [0.3, 0.4) is 0 Å². The number of sulfonamides is 1. The third-order valence-electron chi connectivity index (χ3n) is 5.39. The Bertz CT molecular complexity index is 891. The molecule has 3 rings (SSSR count). The van der Waals surface area contributed by atoms with Crippen LogP contribution in [0.5, 0.6) is 5.75 Å². The molecular formula is C20H28BrN3O6S. The van der Waals surface area contributed by atoms with Crippen LogP contribution in [0.15, 0.2) is 28.7 Å². The van der Waals surface area contributed by atoms with Gasteiger partial charge in [0.2, 0.25) is 21.8 Å². The number of carbonyl (C=O) groups is 2. The largest absolute Gasteiger partial charge is 0.490 e. The maximum atomic E-state index is 12.9. The van der Waals surface area contributed by atoms with Gasteiger partial charge in [0.1, 0.15) is 11.9 Å². The zero-order valence-electron chi connectivity index (χ0n) is 17.5. The highest BCUT2D eigenvalue weighted by molar-refractivity contribution is 9.10. The molecule has 1 aromatic carbocycles. The number of nitrogens with one attached hydrogen (secondary N) is 1. The second kappa shape index (κ2) is 10.8. The van der Waals surface area contributed by atoms with Crippen LogP contribution in [-0.2, 0) is 24.3 Å². The van der Waals surface area contributed by atoms with E-state index in [4.69, 9.17) is 9.47 Å². The van der Waals surface area contributed by atoms with Gasteiger partial charge < -0.3 is 19.3 Å². The number of amides is 2. The summed E-state index contributed by atoms with van der Waals surface area (Å²) in [6, 6.07) is 7.51. The van der Waals surface area contributed by atoms with Crippen molar-refractivity contribution in [1.82, 2.24) is 14.5 Å². The van der Waals surface area contributed by atoms with Crippen LogP contribution in [0.2, 0.25) is 0 Å². The topological polar surface area (TPSA) is 105 Å². The number of rotatable bonds is 7. The van der Waals surface area contributed by atoms with Crippen LogP contribution in [0.25, 0.3) is 0 Å². The molecule has 31 heavy (non-hydrogen) atoms. The summed E-state index contributed by atoms with van der Waals surface area (Å²) in [6.45, 7) is 2.64. The van der Waals surface area contributed by atoms with Crippen LogP contribution in [0.4, 0.5) is 0 Å². The number of halogens is 1. The van der Waals surface area contributed by atoms with Crippen molar-refractivity contribution in [1.29, 1.82) is 0 Å². The number of nitrogens with zero attached hydrogens (tertiary/aromatic N) is 2. The van der Waals surface area contributed by atoms with Gasteiger partial charge in [0.15, 0.2) is 0 Å². The van der Waals surface area contributed by atoms with Crippen molar-refractivity contribution >= 4 is 37.8 Å². The molecule has 2 aliphatic rings. The summed E-state index contributed by atoms with van der Waals surface area (Å²) in [5.41, 5.74) is 0. The summed E-state index contributed by atoms with van der Waals surface area (Å²) in [7, 11) is -3.46. The standard InChI is InChI=1S/C20H28BrN3O6S/c1-31(27,28)22-13-20(26)24-6-5-18(30-17-4-2-3-16(21)12-17)15(14-24)11-19(25)23-7-9-29-10-8-23/h2-4,12,15,18,22H,5-11,13-14H2,1H3/t15-,18-/m0/s1. The van der Waals surface area contributed by atoms with Gasteiger partial charge in [0, 0.05) is 49.4 Å². The van der Waals surface area contributed by atoms with Gasteiger partial charge in [0.05, 0.1) is 26.0 Å². The van der Waals surface area contributed by atoms with Gasteiger partial charge >= 0.3 is 0 Å². The third-order valence-corrected chi connectivity index (χ3v) is 6.55. The molecular weight excluding hydrogens is 490 g/mol. The average molecular weight is 518 g/mol. The van der Waals surface area contributed by atoms with E-state index in [1.54, 1.807) is 9.80 Å². The van der Waals surface area contributed by atoms with Crippen LogP contribution in [0.1, 0.15) is 12.8 Å². The first-order valence-corrected chi connectivity index (χ1v) is 12.9. The molecule has 2 atom stereocenters. The zero-order valence-corrected chi connectivity index (χ0v) is 19.9. The predicted octanol–water partition coefficient (Wildman–Crippen LogP) is 0.843. The number of piperidine rings is 1. The van der Waals surface area contributed by atoms with E-state index < -0.39 is 10.0 Å². The van der Waals surface area contributed by atoms with Gasteiger partial charge in [-0.2, -0.15) is 0 Å². The Hall–Kier alpha value is -1.69. The number of benzene rings is 1. The summed E-state index contributed by atoms with van der Waals surface area (Å²) in [4.78, 5) is 28.8. The first-order valence-electron chi connectivity index (χ1n) is 10.2. The summed E-state index contributed by atoms with van der Waals surface area (Å²) >= 11 is 3.43. The van der Waals surface area contributed by atoms with E-state index in [-0.39, 0.29) is 36.8 Å². The van der Waals surface area contributed by atoms with Gasteiger partial charge in [-0.15, -0.1) is 0 Å². The molecule has 2 fully saturated rings. The van der Waals surface area contributed by atoms with Crippen molar-refractivity contribution < 1.29 is 27.5 Å². The molecule has 0 saturated carbocycles. The molecule has 0 spiro atoms. The summed E-state index contributed by atoms with van der Waals surface area (Å²) in [5, 5.41) is 0. The van der Waals surface area contributed by atoms with Gasteiger partial charge in [-0.3, -0.25) is 9.59 Å². The van der Waals surface area contributed by atoms with E-state index in [9.17, 15) is 18.0 Å². The summed E-state index contributed by atoms with van der Waals surface area (Å²) in [6.07, 6.45) is 1.59. The lowest BCUT2D eigenvalue weighted by molar-refractivity contribution is -0.141. The van der Waals surface area contributed by atoms with Crippen molar-refractivity contribution in [2.45, 2.75) is 18.9 Å². The Labute approximate surface area is 191 Å². The second-order valence-corrected chi connectivity index (χ2v) is 10.5. The molecule has 1 aromatic rings. The normalized spacial score (nSPS) is 22.3. The molecule has 0 aliphatic carbocycles. The van der Waals surface area contributed by atoms with E-state index in [1.807, 2.05) is 24.3 Å². The fourth-order valence-corrected chi connectivity index (χ4v) is 4.54.